The normalized spacial score (nSPS) is 25.6. The molecule has 3 atom stereocenters. The Balaban J connectivity index is 1.40. The Morgan fingerprint density at radius 1 is 0.964 bits per heavy atom. The highest BCUT2D eigenvalue weighted by atomic mass is 16.2. The van der Waals surface area contributed by atoms with Gasteiger partial charge < -0.3 is 10.2 Å². The largest absolute Gasteiger partial charge is 0.372 e. The smallest absolute Gasteiger partial charge is 0.247 e. The maximum Gasteiger partial charge on any atom is 0.247 e. The third kappa shape index (κ3) is 3.43. The van der Waals surface area contributed by atoms with Crippen molar-refractivity contribution in [3.63, 3.8) is 0 Å². The fourth-order valence-electron chi connectivity index (χ4n) is 4.48. The molecule has 3 aliphatic rings. The summed E-state index contributed by atoms with van der Waals surface area (Å²) in [5, 5.41) is 2.85. The number of hydrogen-bond donors (Lipinski definition) is 1. The van der Waals surface area contributed by atoms with E-state index in [1.165, 1.54) is 24.2 Å². The van der Waals surface area contributed by atoms with E-state index in [-0.39, 0.29) is 29.6 Å². The summed E-state index contributed by atoms with van der Waals surface area (Å²) in [6.45, 7) is 3.76. The molecule has 0 saturated carbocycles. The molecule has 6 heteroatoms. The Morgan fingerprint density at radius 2 is 1.54 bits per heavy atom. The fourth-order valence-corrected chi connectivity index (χ4v) is 4.48. The summed E-state index contributed by atoms with van der Waals surface area (Å²) in [6, 6.07) is 6.97. The molecule has 148 valence electrons. The fraction of sp³-hybridized carbons (Fsp3) is 0.500. The van der Waals surface area contributed by atoms with Crippen LogP contribution in [0.5, 0.6) is 0 Å². The SMILES string of the molecule is C[C@H](C(=O)Nc1ccc(N2CCCCC2)cc1)N1C(=O)[C@@H]2CC=CC[C@H]2C1=O. The Morgan fingerprint density at radius 3 is 2.11 bits per heavy atom. The molecule has 1 N–H and O–H groups in total. The van der Waals surface area contributed by atoms with E-state index < -0.39 is 6.04 Å². The first-order chi connectivity index (χ1) is 13.6. The molecule has 3 amide bonds. The van der Waals surface area contributed by atoms with E-state index in [0.717, 1.165) is 18.8 Å². The monoisotopic (exact) mass is 381 g/mol. The van der Waals surface area contributed by atoms with Gasteiger partial charge in [-0.25, -0.2) is 0 Å². The van der Waals surface area contributed by atoms with Crippen molar-refractivity contribution in [2.24, 2.45) is 11.8 Å². The first kappa shape index (κ1) is 18.7. The number of benzene rings is 1. The molecule has 6 nitrogen and oxygen atoms in total. The zero-order chi connectivity index (χ0) is 19.7. The van der Waals surface area contributed by atoms with Crippen molar-refractivity contribution in [3.05, 3.63) is 36.4 Å². The van der Waals surface area contributed by atoms with Crippen molar-refractivity contribution in [2.75, 3.05) is 23.3 Å². The number of nitrogens with zero attached hydrogens (tertiary/aromatic N) is 2. The van der Waals surface area contributed by atoms with Crippen molar-refractivity contribution in [1.29, 1.82) is 0 Å². The number of rotatable bonds is 4. The van der Waals surface area contributed by atoms with Gasteiger partial charge >= 0.3 is 0 Å². The van der Waals surface area contributed by atoms with E-state index >= 15 is 0 Å². The van der Waals surface area contributed by atoms with Crippen LogP contribution in [0.2, 0.25) is 0 Å². The summed E-state index contributed by atoms with van der Waals surface area (Å²) in [7, 11) is 0. The van der Waals surface area contributed by atoms with Crippen molar-refractivity contribution < 1.29 is 14.4 Å². The van der Waals surface area contributed by atoms with Gasteiger partial charge in [0.1, 0.15) is 6.04 Å². The number of fused-ring (bicyclic) bond motifs is 1. The number of anilines is 2. The van der Waals surface area contributed by atoms with Gasteiger partial charge in [-0.05, 0) is 63.3 Å². The molecule has 0 bridgehead atoms. The number of carbonyl (C=O) groups is 3. The van der Waals surface area contributed by atoms with Crippen molar-refractivity contribution >= 4 is 29.1 Å². The lowest BCUT2D eigenvalue weighted by Gasteiger charge is -2.29. The van der Waals surface area contributed by atoms with Gasteiger partial charge in [0.15, 0.2) is 0 Å². The van der Waals surface area contributed by atoms with Gasteiger partial charge in [-0.3, -0.25) is 19.3 Å². The number of carbonyl (C=O) groups excluding carboxylic acids is 3. The Bertz CT molecular complexity index is 770. The van der Waals surface area contributed by atoms with Crippen molar-refractivity contribution in [3.8, 4) is 0 Å². The molecule has 2 saturated heterocycles. The van der Waals surface area contributed by atoms with E-state index in [0.29, 0.717) is 18.5 Å². The van der Waals surface area contributed by atoms with Crippen LogP contribution in [0, 0.1) is 11.8 Å². The molecule has 1 aromatic rings. The molecule has 2 fully saturated rings. The van der Waals surface area contributed by atoms with Crippen molar-refractivity contribution in [1.82, 2.24) is 4.90 Å². The minimum absolute atomic E-state index is 0.220. The van der Waals surface area contributed by atoms with Crippen LogP contribution in [0.25, 0.3) is 0 Å². The van der Waals surface area contributed by atoms with Gasteiger partial charge in [0, 0.05) is 24.5 Å². The number of imide groups is 1. The van der Waals surface area contributed by atoms with Crippen LogP contribution in [-0.2, 0) is 14.4 Å². The van der Waals surface area contributed by atoms with Gasteiger partial charge in [-0.2, -0.15) is 0 Å². The second-order valence-corrected chi connectivity index (χ2v) is 7.96. The molecule has 4 rings (SSSR count). The highest BCUT2D eigenvalue weighted by molar-refractivity contribution is 6.10. The van der Waals surface area contributed by atoms with E-state index in [4.69, 9.17) is 0 Å². The van der Waals surface area contributed by atoms with E-state index in [1.54, 1.807) is 6.92 Å². The molecule has 0 unspecified atom stereocenters. The lowest BCUT2D eigenvalue weighted by molar-refractivity contribution is -0.146. The number of hydrogen-bond acceptors (Lipinski definition) is 4. The van der Waals surface area contributed by atoms with Crippen LogP contribution in [0.15, 0.2) is 36.4 Å². The van der Waals surface area contributed by atoms with Gasteiger partial charge in [0.25, 0.3) is 0 Å². The third-order valence-electron chi connectivity index (χ3n) is 6.16. The maximum absolute atomic E-state index is 12.7. The van der Waals surface area contributed by atoms with Gasteiger partial charge in [0.2, 0.25) is 17.7 Å². The van der Waals surface area contributed by atoms with Crippen molar-refractivity contribution in [2.45, 2.75) is 45.1 Å². The molecular formula is C22H27N3O3. The molecule has 2 aliphatic heterocycles. The summed E-state index contributed by atoms with van der Waals surface area (Å²) in [5.74, 6) is -1.39. The van der Waals surface area contributed by atoms with E-state index in [2.05, 4.69) is 10.2 Å². The first-order valence-electron chi connectivity index (χ1n) is 10.2. The van der Waals surface area contributed by atoms with Crippen LogP contribution in [-0.4, -0.2) is 41.8 Å². The summed E-state index contributed by atoms with van der Waals surface area (Å²) < 4.78 is 0. The molecule has 1 aliphatic carbocycles. The Kier molecular flexibility index (Phi) is 5.20. The first-order valence-corrected chi connectivity index (χ1v) is 10.2. The lowest BCUT2D eigenvalue weighted by Crippen LogP contribution is -2.46. The highest BCUT2D eigenvalue weighted by Crippen LogP contribution is 2.36. The second kappa shape index (κ2) is 7.78. The summed E-state index contributed by atoms with van der Waals surface area (Å²) in [4.78, 5) is 41.5. The minimum atomic E-state index is -0.813. The lowest BCUT2D eigenvalue weighted by atomic mass is 9.85. The zero-order valence-corrected chi connectivity index (χ0v) is 16.3. The van der Waals surface area contributed by atoms with E-state index in [1.807, 2.05) is 36.4 Å². The van der Waals surface area contributed by atoms with Gasteiger partial charge in [0.05, 0.1) is 11.8 Å². The quantitative estimate of drug-likeness (QED) is 0.643. The van der Waals surface area contributed by atoms with Crippen LogP contribution >= 0.6 is 0 Å². The van der Waals surface area contributed by atoms with Crippen LogP contribution in [0.1, 0.15) is 39.0 Å². The third-order valence-corrected chi connectivity index (χ3v) is 6.16. The summed E-state index contributed by atoms with van der Waals surface area (Å²) >= 11 is 0. The van der Waals surface area contributed by atoms with Crippen LogP contribution in [0.3, 0.4) is 0 Å². The van der Waals surface area contributed by atoms with Gasteiger partial charge in [-0.1, -0.05) is 12.2 Å². The summed E-state index contributed by atoms with van der Waals surface area (Å²) in [6.07, 6.45) is 8.77. The summed E-state index contributed by atoms with van der Waals surface area (Å²) in [5.41, 5.74) is 1.84. The molecule has 1 aromatic carbocycles. The zero-order valence-electron chi connectivity index (χ0n) is 16.3. The van der Waals surface area contributed by atoms with Crippen LogP contribution in [0.4, 0.5) is 11.4 Å². The topological polar surface area (TPSA) is 69.7 Å². The van der Waals surface area contributed by atoms with Crippen LogP contribution < -0.4 is 10.2 Å². The number of amides is 3. The standard InChI is InChI=1S/C22H27N3O3/c1-15(25-21(27)18-7-3-4-8-19(18)22(25)28)20(26)23-16-9-11-17(12-10-16)24-13-5-2-6-14-24/h3-4,9-12,15,18-19H,2,5-8,13-14H2,1H3,(H,23,26)/t15-,18-,19-/m1/s1. The Hall–Kier alpha value is -2.63. The number of allylic oxidation sites excluding steroid dienone is 2. The Labute approximate surface area is 165 Å². The molecule has 28 heavy (non-hydrogen) atoms. The molecule has 2 heterocycles. The second-order valence-electron chi connectivity index (χ2n) is 7.96. The highest BCUT2D eigenvalue weighted by Gasteiger charge is 2.50. The number of nitrogens with one attached hydrogen (secondary N) is 1. The number of piperidine rings is 1. The molecule has 0 aromatic heterocycles. The maximum atomic E-state index is 12.7. The minimum Gasteiger partial charge on any atom is -0.372 e. The molecule has 0 radical (unpaired) electrons. The number of likely N-dealkylation sites (tertiary alicyclic amines) is 1. The van der Waals surface area contributed by atoms with E-state index in [9.17, 15) is 14.4 Å². The predicted molar refractivity (Wildman–Crippen MR) is 108 cm³/mol. The van der Waals surface area contributed by atoms with Gasteiger partial charge in [-0.15, -0.1) is 0 Å². The average molecular weight is 381 g/mol. The predicted octanol–water partition coefficient (Wildman–Crippen LogP) is 2.96. The molecular weight excluding hydrogens is 354 g/mol. The average Bonchev–Trinajstić information content (AvgIpc) is 2.99. The molecule has 0 spiro atoms.